The van der Waals surface area contributed by atoms with Crippen molar-refractivity contribution in [1.29, 1.82) is 0 Å². The molecule has 0 bridgehead atoms. The number of rotatable bonds is 4. The Labute approximate surface area is 122 Å². The van der Waals surface area contributed by atoms with E-state index in [2.05, 4.69) is 82.2 Å². The van der Waals surface area contributed by atoms with Crippen molar-refractivity contribution < 1.29 is 0 Å². The molecule has 106 valence electrons. The van der Waals surface area contributed by atoms with Gasteiger partial charge in [-0.25, -0.2) is 0 Å². The summed E-state index contributed by atoms with van der Waals surface area (Å²) in [5, 5.41) is 1.34. The Morgan fingerprint density at radius 1 is 1.25 bits per heavy atom. The highest BCUT2D eigenvalue weighted by atomic mass is 14.7. The van der Waals surface area contributed by atoms with Gasteiger partial charge in [0.2, 0.25) is 0 Å². The molecular weight excluding hydrogens is 242 g/mol. The first-order chi connectivity index (χ1) is 9.44. The Morgan fingerprint density at radius 3 is 2.65 bits per heavy atom. The molecule has 0 unspecified atom stereocenters. The van der Waals surface area contributed by atoms with Crippen molar-refractivity contribution >= 4 is 10.9 Å². The van der Waals surface area contributed by atoms with Crippen LogP contribution in [-0.4, -0.2) is 4.98 Å². The molecule has 0 spiro atoms. The summed E-state index contributed by atoms with van der Waals surface area (Å²) in [5.74, 6) is 0. The van der Waals surface area contributed by atoms with Gasteiger partial charge in [-0.1, -0.05) is 43.7 Å². The normalized spacial score (nSPS) is 12.2. The van der Waals surface area contributed by atoms with Crippen LogP contribution in [0.25, 0.3) is 10.9 Å². The highest BCUT2D eigenvalue weighted by Crippen LogP contribution is 2.32. The molecule has 0 atom stereocenters. The molecule has 0 radical (unpaired) electrons. The van der Waals surface area contributed by atoms with Crippen LogP contribution in [0.1, 0.15) is 45.7 Å². The molecule has 1 aromatic carbocycles. The fourth-order valence-corrected chi connectivity index (χ4v) is 2.66. The molecule has 0 amide bonds. The molecule has 2 aromatic rings. The third-order valence-corrected chi connectivity index (χ3v) is 3.77. The highest BCUT2D eigenvalue weighted by molar-refractivity contribution is 5.85. The van der Waals surface area contributed by atoms with Gasteiger partial charge >= 0.3 is 0 Å². The van der Waals surface area contributed by atoms with E-state index in [0.717, 1.165) is 6.42 Å². The predicted molar refractivity (Wildman–Crippen MR) is 89.3 cm³/mol. The second-order valence-electron chi connectivity index (χ2n) is 6.29. The second-order valence-corrected chi connectivity index (χ2v) is 6.29. The Hall–Kier alpha value is -1.76. The highest BCUT2D eigenvalue weighted by Gasteiger charge is 2.20. The van der Waals surface area contributed by atoms with E-state index in [-0.39, 0.29) is 5.41 Å². The van der Waals surface area contributed by atoms with Crippen molar-refractivity contribution in [2.75, 3.05) is 0 Å². The summed E-state index contributed by atoms with van der Waals surface area (Å²) in [6, 6.07) is 6.73. The zero-order chi connectivity index (χ0) is 14.8. The lowest BCUT2D eigenvalue weighted by molar-refractivity contribution is 0.675. The van der Waals surface area contributed by atoms with Crippen molar-refractivity contribution in [2.24, 2.45) is 0 Å². The predicted octanol–water partition coefficient (Wildman–Crippen LogP) is 5.53. The number of hydrogen-bond acceptors (Lipinski definition) is 0. The van der Waals surface area contributed by atoms with Crippen LogP contribution in [-0.2, 0) is 11.8 Å². The van der Waals surface area contributed by atoms with E-state index >= 15 is 0 Å². The minimum Gasteiger partial charge on any atom is -0.361 e. The Kier molecular flexibility index (Phi) is 4.17. The van der Waals surface area contributed by atoms with Crippen LogP contribution in [0.5, 0.6) is 0 Å². The summed E-state index contributed by atoms with van der Waals surface area (Å²) in [4.78, 5) is 3.40. The minimum absolute atomic E-state index is 0.0577. The molecule has 0 fully saturated rings. The number of fused-ring (bicyclic) bond motifs is 1. The summed E-state index contributed by atoms with van der Waals surface area (Å²) in [6.45, 7) is 10.9. The molecule has 1 aromatic heterocycles. The summed E-state index contributed by atoms with van der Waals surface area (Å²) in [7, 11) is 0. The van der Waals surface area contributed by atoms with E-state index in [1.165, 1.54) is 27.6 Å². The number of H-pyrrole nitrogens is 1. The van der Waals surface area contributed by atoms with E-state index in [1.54, 1.807) is 0 Å². The molecule has 0 aliphatic carbocycles. The van der Waals surface area contributed by atoms with Gasteiger partial charge in [0.1, 0.15) is 0 Å². The minimum atomic E-state index is 0.0577. The Balaban J connectivity index is 2.47. The first-order valence-corrected chi connectivity index (χ1v) is 7.32. The zero-order valence-electron chi connectivity index (χ0n) is 13.2. The van der Waals surface area contributed by atoms with Gasteiger partial charge in [0.05, 0.1) is 0 Å². The molecule has 0 saturated heterocycles. The first kappa shape index (κ1) is 14.6. The molecule has 1 heteroatoms. The number of allylic oxidation sites excluding steroid dienone is 4. The zero-order valence-corrected chi connectivity index (χ0v) is 13.2. The molecule has 1 heterocycles. The maximum atomic E-state index is 3.40. The van der Waals surface area contributed by atoms with Gasteiger partial charge in [0.25, 0.3) is 0 Å². The number of nitrogens with one attached hydrogen (secondary N) is 1. The van der Waals surface area contributed by atoms with Crippen molar-refractivity contribution in [2.45, 2.75) is 46.5 Å². The quantitative estimate of drug-likeness (QED) is 0.701. The molecule has 1 N–H and O–H groups in total. The molecular formula is C19H25N. The number of aromatic nitrogens is 1. The number of aromatic amines is 1. The molecule has 0 aliphatic rings. The van der Waals surface area contributed by atoms with Crippen molar-refractivity contribution in [3.05, 3.63) is 59.3 Å². The van der Waals surface area contributed by atoms with Crippen LogP contribution in [0.3, 0.4) is 0 Å². The van der Waals surface area contributed by atoms with E-state index in [0.29, 0.717) is 0 Å². The van der Waals surface area contributed by atoms with Gasteiger partial charge in [-0.3, -0.25) is 0 Å². The third kappa shape index (κ3) is 3.04. The Morgan fingerprint density at radius 2 is 2.00 bits per heavy atom. The molecule has 0 aliphatic heterocycles. The number of hydrogen-bond donors (Lipinski definition) is 1. The van der Waals surface area contributed by atoms with E-state index in [9.17, 15) is 0 Å². The van der Waals surface area contributed by atoms with Gasteiger partial charge in [-0.05, 0) is 50.5 Å². The lowest BCUT2D eigenvalue weighted by Gasteiger charge is -2.19. The largest absolute Gasteiger partial charge is 0.361 e. The summed E-state index contributed by atoms with van der Waals surface area (Å²) in [5.41, 5.74) is 5.38. The average molecular weight is 267 g/mol. The van der Waals surface area contributed by atoms with E-state index < -0.39 is 0 Å². The maximum absolute atomic E-state index is 3.40. The molecule has 0 saturated carbocycles. The molecule has 20 heavy (non-hydrogen) atoms. The SMILES string of the molecule is CC=CC(C)(C)c1c[nH]c2ccc(CC=C(C)C)cc12. The summed E-state index contributed by atoms with van der Waals surface area (Å²) < 4.78 is 0. The molecule has 1 nitrogen and oxygen atoms in total. The Bertz CT molecular complexity index is 649. The first-order valence-electron chi connectivity index (χ1n) is 7.32. The monoisotopic (exact) mass is 267 g/mol. The van der Waals surface area contributed by atoms with E-state index in [1.807, 2.05) is 0 Å². The van der Waals surface area contributed by atoms with Gasteiger partial charge in [0, 0.05) is 22.5 Å². The fourth-order valence-electron chi connectivity index (χ4n) is 2.66. The van der Waals surface area contributed by atoms with Crippen LogP contribution >= 0.6 is 0 Å². The topological polar surface area (TPSA) is 15.8 Å². The third-order valence-electron chi connectivity index (χ3n) is 3.77. The van der Waals surface area contributed by atoms with Crippen LogP contribution < -0.4 is 0 Å². The molecule has 2 rings (SSSR count). The van der Waals surface area contributed by atoms with Crippen molar-refractivity contribution in [1.82, 2.24) is 4.98 Å². The summed E-state index contributed by atoms with van der Waals surface area (Å²) in [6.07, 6.45) is 9.83. The van der Waals surface area contributed by atoms with Crippen molar-refractivity contribution in [3.63, 3.8) is 0 Å². The van der Waals surface area contributed by atoms with Gasteiger partial charge in [-0.15, -0.1) is 0 Å². The second kappa shape index (κ2) is 5.70. The van der Waals surface area contributed by atoms with Crippen LogP contribution in [0.15, 0.2) is 48.2 Å². The fraction of sp³-hybridized carbons (Fsp3) is 0.368. The van der Waals surface area contributed by atoms with Crippen molar-refractivity contribution in [3.8, 4) is 0 Å². The lowest BCUT2D eigenvalue weighted by atomic mass is 9.84. The van der Waals surface area contributed by atoms with Crippen LogP contribution in [0.4, 0.5) is 0 Å². The van der Waals surface area contributed by atoms with E-state index in [4.69, 9.17) is 0 Å². The smallest absolute Gasteiger partial charge is 0.0457 e. The van der Waals surface area contributed by atoms with Gasteiger partial charge < -0.3 is 4.98 Å². The maximum Gasteiger partial charge on any atom is 0.0457 e. The standard InChI is InChI=1S/C19H25N/c1-6-11-19(4,5)17-13-20-18-10-9-15(12-16(17)18)8-7-14(2)3/h6-7,9-13,20H,8H2,1-5H3. The van der Waals surface area contributed by atoms with Gasteiger partial charge in [-0.2, -0.15) is 0 Å². The summed E-state index contributed by atoms with van der Waals surface area (Å²) >= 11 is 0. The van der Waals surface area contributed by atoms with Gasteiger partial charge in [0.15, 0.2) is 0 Å². The lowest BCUT2D eigenvalue weighted by Crippen LogP contribution is -2.12. The van der Waals surface area contributed by atoms with Crippen LogP contribution in [0.2, 0.25) is 0 Å². The average Bonchev–Trinajstić information content (AvgIpc) is 2.79. The number of benzene rings is 1. The van der Waals surface area contributed by atoms with Crippen LogP contribution in [0, 0.1) is 0 Å².